The first-order valence-corrected chi connectivity index (χ1v) is 11.1. The van der Waals surface area contributed by atoms with Crippen molar-refractivity contribution < 1.29 is 19.1 Å². The highest BCUT2D eigenvalue weighted by molar-refractivity contribution is 7.14. The number of fused-ring (bicyclic) bond motifs is 1. The number of carbonyl (C=O) groups is 2. The molecule has 166 valence electrons. The molecule has 2 aromatic carbocycles. The number of nitrogens with zero attached hydrogens (tertiary/aromatic N) is 1. The Morgan fingerprint density at radius 3 is 2.53 bits per heavy atom. The van der Waals surface area contributed by atoms with Crippen LogP contribution in [0.3, 0.4) is 0 Å². The van der Waals surface area contributed by atoms with Gasteiger partial charge >= 0.3 is 0 Å². The largest absolute Gasteiger partial charge is 0.493 e. The molecule has 0 aliphatic carbocycles. The van der Waals surface area contributed by atoms with Crippen LogP contribution < -0.4 is 20.5 Å². The second-order valence-corrected chi connectivity index (χ2v) is 8.43. The third kappa shape index (κ3) is 4.32. The summed E-state index contributed by atoms with van der Waals surface area (Å²) in [6.45, 7) is 0.867. The third-order valence-corrected chi connectivity index (χ3v) is 6.45. The van der Waals surface area contributed by atoms with Gasteiger partial charge in [0.05, 0.1) is 32.4 Å². The Morgan fingerprint density at radius 1 is 1.12 bits per heavy atom. The Bertz CT molecular complexity index is 1130. The Hall–Kier alpha value is -3.36. The maximum atomic E-state index is 12.9. The minimum Gasteiger partial charge on any atom is -0.493 e. The van der Waals surface area contributed by atoms with Crippen LogP contribution in [0.15, 0.2) is 53.9 Å². The normalized spacial score (nSPS) is 15.6. The number of nitrogens with one attached hydrogen (secondary N) is 1. The number of nitrogens with two attached hydrogens (primary N) is 1. The lowest BCUT2D eigenvalue weighted by atomic mass is 9.87. The number of rotatable bonds is 7. The standard InChI is InChI=1S/C24H25N3O4S/c1-30-19-12-16-8-10-27(14-21(28)26-24-17(23(25)29)9-11-32-24)22(15-6-4-3-5-7-15)18(16)13-20(19)31-2/h3-7,9,11-13,22H,8,10,14H2,1-2H3,(H2,25,29)(H,26,28). The number of ether oxygens (including phenoxy) is 2. The van der Waals surface area contributed by atoms with E-state index in [0.29, 0.717) is 28.6 Å². The van der Waals surface area contributed by atoms with Gasteiger partial charge in [-0.25, -0.2) is 0 Å². The first kappa shape index (κ1) is 21.9. The summed E-state index contributed by atoms with van der Waals surface area (Å²) in [5, 5.41) is 5.06. The molecule has 0 fully saturated rings. The van der Waals surface area contributed by atoms with Crippen LogP contribution in [0.2, 0.25) is 0 Å². The number of benzene rings is 2. The number of methoxy groups -OCH3 is 2. The first-order chi connectivity index (χ1) is 15.5. The van der Waals surface area contributed by atoms with E-state index >= 15 is 0 Å². The summed E-state index contributed by atoms with van der Waals surface area (Å²) in [6, 6.07) is 15.6. The molecule has 3 N–H and O–H groups in total. The fraction of sp³-hybridized carbons (Fsp3) is 0.250. The van der Waals surface area contributed by atoms with Crippen molar-refractivity contribution >= 4 is 28.2 Å². The molecule has 0 radical (unpaired) electrons. The highest BCUT2D eigenvalue weighted by Gasteiger charge is 2.31. The van der Waals surface area contributed by atoms with Crippen LogP contribution >= 0.6 is 11.3 Å². The highest BCUT2D eigenvalue weighted by Crippen LogP contribution is 2.40. The molecular weight excluding hydrogens is 426 g/mol. The van der Waals surface area contributed by atoms with E-state index in [0.717, 1.165) is 17.5 Å². The molecule has 1 aromatic heterocycles. The molecule has 8 heteroatoms. The minimum absolute atomic E-state index is 0.121. The molecular formula is C24H25N3O4S. The van der Waals surface area contributed by atoms with E-state index in [9.17, 15) is 9.59 Å². The van der Waals surface area contributed by atoms with E-state index in [1.165, 1.54) is 16.9 Å². The second-order valence-electron chi connectivity index (χ2n) is 7.52. The van der Waals surface area contributed by atoms with Crippen LogP contribution in [0.5, 0.6) is 11.5 Å². The zero-order valence-corrected chi connectivity index (χ0v) is 18.8. The van der Waals surface area contributed by atoms with E-state index in [1.807, 2.05) is 30.3 Å². The van der Waals surface area contributed by atoms with Crippen molar-refractivity contribution in [3.63, 3.8) is 0 Å². The topological polar surface area (TPSA) is 93.9 Å². The quantitative estimate of drug-likeness (QED) is 0.574. The van der Waals surface area contributed by atoms with E-state index in [2.05, 4.69) is 22.3 Å². The van der Waals surface area contributed by atoms with E-state index < -0.39 is 5.91 Å². The van der Waals surface area contributed by atoms with Crippen LogP contribution in [0, 0.1) is 0 Å². The van der Waals surface area contributed by atoms with Crippen molar-refractivity contribution in [1.82, 2.24) is 4.90 Å². The van der Waals surface area contributed by atoms with Gasteiger partial charge in [-0.05, 0) is 46.7 Å². The first-order valence-electron chi connectivity index (χ1n) is 10.2. The van der Waals surface area contributed by atoms with E-state index in [4.69, 9.17) is 15.2 Å². The molecule has 1 unspecified atom stereocenters. The molecule has 3 aromatic rings. The van der Waals surface area contributed by atoms with E-state index in [1.54, 1.807) is 25.7 Å². The zero-order valence-electron chi connectivity index (χ0n) is 18.0. The molecule has 0 saturated heterocycles. The van der Waals surface area contributed by atoms with Crippen LogP contribution in [0.1, 0.15) is 33.1 Å². The monoisotopic (exact) mass is 451 g/mol. The van der Waals surface area contributed by atoms with Gasteiger partial charge in [0, 0.05) is 6.54 Å². The average molecular weight is 452 g/mol. The maximum Gasteiger partial charge on any atom is 0.251 e. The molecule has 4 rings (SSSR count). The van der Waals surface area contributed by atoms with Gasteiger partial charge < -0.3 is 20.5 Å². The average Bonchev–Trinajstić information content (AvgIpc) is 3.26. The summed E-state index contributed by atoms with van der Waals surface area (Å²) >= 11 is 1.28. The lowest BCUT2D eigenvalue weighted by molar-refractivity contribution is -0.117. The molecule has 2 heterocycles. The summed E-state index contributed by atoms with van der Waals surface area (Å²) in [7, 11) is 3.25. The Labute approximate surface area is 190 Å². The number of primary amides is 1. The Balaban J connectivity index is 1.65. The van der Waals surface area contributed by atoms with Gasteiger partial charge in [-0.1, -0.05) is 30.3 Å². The van der Waals surface area contributed by atoms with Gasteiger partial charge in [0.15, 0.2) is 11.5 Å². The number of hydrogen-bond acceptors (Lipinski definition) is 6. The third-order valence-electron chi connectivity index (χ3n) is 5.62. The highest BCUT2D eigenvalue weighted by atomic mass is 32.1. The van der Waals surface area contributed by atoms with Crippen molar-refractivity contribution in [2.45, 2.75) is 12.5 Å². The minimum atomic E-state index is -0.559. The van der Waals surface area contributed by atoms with Gasteiger partial charge in [0.25, 0.3) is 5.91 Å². The Morgan fingerprint density at radius 2 is 1.84 bits per heavy atom. The molecule has 0 bridgehead atoms. The predicted molar refractivity (Wildman–Crippen MR) is 125 cm³/mol. The van der Waals surface area contributed by atoms with Gasteiger partial charge in [-0.3, -0.25) is 14.5 Å². The molecule has 2 amide bonds. The fourth-order valence-electron chi connectivity index (χ4n) is 4.14. The molecule has 0 spiro atoms. The lowest BCUT2D eigenvalue weighted by Gasteiger charge is -2.37. The number of amides is 2. The van der Waals surface area contributed by atoms with Crippen LogP contribution in [-0.4, -0.2) is 44.0 Å². The summed E-state index contributed by atoms with van der Waals surface area (Å²) in [5.74, 6) is 0.598. The molecule has 0 saturated carbocycles. The van der Waals surface area contributed by atoms with Crippen molar-refractivity contribution in [3.8, 4) is 11.5 Å². The van der Waals surface area contributed by atoms with Gasteiger partial charge in [-0.2, -0.15) is 0 Å². The maximum absolute atomic E-state index is 12.9. The number of hydrogen-bond donors (Lipinski definition) is 2. The number of thiophene rings is 1. The SMILES string of the molecule is COc1cc2c(cc1OC)C(c1ccccc1)N(CC(=O)Nc1sccc1C(N)=O)CC2. The molecule has 1 atom stereocenters. The van der Waals surface area contributed by atoms with Crippen LogP contribution in [0.25, 0.3) is 0 Å². The Kier molecular flexibility index (Phi) is 6.43. The molecule has 7 nitrogen and oxygen atoms in total. The molecule has 32 heavy (non-hydrogen) atoms. The van der Waals surface area contributed by atoms with Crippen LogP contribution in [-0.2, 0) is 11.2 Å². The van der Waals surface area contributed by atoms with Gasteiger partial charge in [-0.15, -0.1) is 11.3 Å². The van der Waals surface area contributed by atoms with Crippen molar-refractivity contribution in [1.29, 1.82) is 0 Å². The smallest absolute Gasteiger partial charge is 0.251 e. The number of carbonyl (C=O) groups excluding carboxylic acids is 2. The molecule has 1 aliphatic rings. The van der Waals surface area contributed by atoms with E-state index in [-0.39, 0.29) is 18.5 Å². The summed E-state index contributed by atoms with van der Waals surface area (Å²) in [5.41, 5.74) is 9.07. The fourth-order valence-corrected chi connectivity index (χ4v) is 4.95. The lowest BCUT2D eigenvalue weighted by Crippen LogP contribution is -2.41. The van der Waals surface area contributed by atoms with Crippen molar-refractivity contribution in [2.24, 2.45) is 5.73 Å². The van der Waals surface area contributed by atoms with Crippen molar-refractivity contribution in [2.75, 3.05) is 32.6 Å². The number of anilines is 1. The van der Waals surface area contributed by atoms with Crippen molar-refractivity contribution in [3.05, 3.63) is 76.2 Å². The zero-order chi connectivity index (χ0) is 22.7. The summed E-state index contributed by atoms with van der Waals surface area (Å²) in [4.78, 5) is 26.6. The van der Waals surface area contributed by atoms with Gasteiger partial charge in [0.2, 0.25) is 5.91 Å². The predicted octanol–water partition coefficient (Wildman–Crippen LogP) is 3.45. The summed E-state index contributed by atoms with van der Waals surface area (Å²) in [6.07, 6.45) is 0.776. The van der Waals surface area contributed by atoms with Gasteiger partial charge in [0.1, 0.15) is 5.00 Å². The molecule has 1 aliphatic heterocycles. The second kappa shape index (κ2) is 9.42. The summed E-state index contributed by atoms with van der Waals surface area (Å²) < 4.78 is 11.0. The van der Waals surface area contributed by atoms with Crippen LogP contribution in [0.4, 0.5) is 5.00 Å².